The number of carbonyl (C=O) groups excluding carboxylic acids is 2. The molecule has 2 aliphatic heterocycles. The van der Waals surface area contributed by atoms with Gasteiger partial charge in [0.25, 0.3) is 11.8 Å². The lowest BCUT2D eigenvalue weighted by atomic mass is 10.2. The maximum atomic E-state index is 13.3. The lowest BCUT2D eigenvalue weighted by molar-refractivity contribution is -0.140. The zero-order valence-corrected chi connectivity index (χ0v) is 13.3. The van der Waals surface area contributed by atoms with E-state index in [2.05, 4.69) is 0 Å². The van der Waals surface area contributed by atoms with E-state index < -0.39 is 11.6 Å². The molecule has 24 heavy (non-hydrogen) atoms. The monoisotopic (exact) mass is 338 g/mol. The number of amides is 2. The predicted octanol–water partition coefficient (Wildman–Crippen LogP) is 1.82. The summed E-state index contributed by atoms with van der Waals surface area (Å²) in [6.45, 7) is 2.46. The minimum absolute atomic E-state index is 0.0189. The zero-order valence-electron chi connectivity index (χ0n) is 13.3. The summed E-state index contributed by atoms with van der Waals surface area (Å²) in [7, 11) is 0. The lowest BCUT2D eigenvalue weighted by Gasteiger charge is -2.24. The first-order valence-electron chi connectivity index (χ1n) is 8.21. The van der Waals surface area contributed by atoms with Crippen molar-refractivity contribution in [3.8, 4) is 0 Å². The summed E-state index contributed by atoms with van der Waals surface area (Å²) >= 11 is 0. The third kappa shape index (κ3) is 3.56. The van der Waals surface area contributed by atoms with Crippen molar-refractivity contribution < 1.29 is 23.1 Å². The molecule has 7 heteroatoms. The van der Waals surface area contributed by atoms with E-state index >= 15 is 0 Å². The van der Waals surface area contributed by atoms with Crippen LogP contribution in [0.2, 0.25) is 0 Å². The summed E-state index contributed by atoms with van der Waals surface area (Å²) in [5.41, 5.74) is 0.118. The molecule has 2 fully saturated rings. The summed E-state index contributed by atoms with van der Waals surface area (Å²) in [6.07, 6.45) is 1.92. The number of nitrogens with zero attached hydrogens (tertiary/aromatic N) is 2. The third-order valence-corrected chi connectivity index (χ3v) is 4.47. The fourth-order valence-corrected chi connectivity index (χ4v) is 3.13. The summed E-state index contributed by atoms with van der Waals surface area (Å²) in [5, 5.41) is 0. The van der Waals surface area contributed by atoms with Gasteiger partial charge in [0.05, 0.1) is 0 Å². The average molecular weight is 338 g/mol. The van der Waals surface area contributed by atoms with E-state index in [1.807, 2.05) is 0 Å². The van der Waals surface area contributed by atoms with E-state index in [9.17, 15) is 18.4 Å². The van der Waals surface area contributed by atoms with E-state index in [1.165, 1.54) is 6.07 Å². The summed E-state index contributed by atoms with van der Waals surface area (Å²) in [5.74, 6) is -2.38. The molecular formula is C17H20F2N2O3. The summed E-state index contributed by atoms with van der Waals surface area (Å²) in [6, 6.07) is 3.15. The van der Waals surface area contributed by atoms with Crippen molar-refractivity contribution in [1.29, 1.82) is 0 Å². The topological polar surface area (TPSA) is 49.9 Å². The second kappa shape index (κ2) is 7.25. The van der Waals surface area contributed by atoms with Crippen LogP contribution in [0.5, 0.6) is 0 Å². The largest absolute Gasteiger partial charge is 0.368 e. The van der Waals surface area contributed by atoms with Crippen molar-refractivity contribution in [1.82, 2.24) is 9.80 Å². The maximum Gasteiger partial charge on any atom is 0.254 e. The van der Waals surface area contributed by atoms with Crippen molar-refractivity contribution in [2.24, 2.45) is 0 Å². The van der Waals surface area contributed by atoms with Gasteiger partial charge in [0, 0.05) is 38.3 Å². The first kappa shape index (κ1) is 16.8. The Morgan fingerprint density at radius 3 is 2.46 bits per heavy atom. The van der Waals surface area contributed by atoms with Crippen LogP contribution in [-0.4, -0.2) is 60.5 Å². The van der Waals surface area contributed by atoms with Crippen molar-refractivity contribution in [3.63, 3.8) is 0 Å². The number of halogens is 2. The standard InChI is InChI=1S/C17H20F2N2O3/c18-13-5-4-12(11-14(13)19)16(22)20-6-2-7-21(9-8-20)17(23)15-3-1-10-24-15/h4-5,11,15H,1-3,6-10H2. The quantitative estimate of drug-likeness (QED) is 0.826. The highest BCUT2D eigenvalue weighted by Crippen LogP contribution is 2.17. The van der Waals surface area contributed by atoms with Gasteiger partial charge in [0.1, 0.15) is 6.10 Å². The molecule has 1 unspecified atom stereocenters. The van der Waals surface area contributed by atoms with Gasteiger partial charge < -0.3 is 14.5 Å². The smallest absolute Gasteiger partial charge is 0.254 e. The van der Waals surface area contributed by atoms with Crippen LogP contribution in [0.4, 0.5) is 8.78 Å². The normalized spacial score (nSPS) is 21.7. The summed E-state index contributed by atoms with van der Waals surface area (Å²) in [4.78, 5) is 28.2. The number of rotatable bonds is 2. The molecule has 2 saturated heterocycles. The van der Waals surface area contributed by atoms with Crippen LogP contribution < -0.4 is 0 Å². The SMILES string of the molecule is O=C(c1ccc(F)c(F)c1)N1CCCN(C(=O)C2CCCO2)CC1. The van der Waals surface area contributed by atoms with E-state index in [0.29, 0.717) is 39.2 Å². The fraction of sp³-hybridized carbons (Fsp3) is 0.529. The van der Waals surface area contributed by atoms with Gasteiger partial charge in [-0.15, -0.1) is 0 Å². The molecule has 2 aliphatic rings. The molecule has 0 spiro atoms. The van der Waals surface area contributed by atoms with Gasteiger partial charge in [-0.1, -0.05) is 0 Å². The molecule has 3 rings (SSSR count). The molecule has 0 aromatic heterocycles. The Kier molecular flexibility index (Phi) is 5.08. The lowest BCUT2D eigenvalue weighted by Crippen LogP contribution is -2.41. The molecule has 2 heterocycles. The first-order valence-corrected chi connectivity index (χ1v) is 8.21. The molecule has 0 radical (unpaired) electrons. The van der Waals surface area contributed by atoms with Crippen LogP contribution in [-0.2, 0) is 9.53 Å². The molecule has 0 bridgehead atoms. The molecule has 130 valence electrons. The Morgan fingerprint density at radius 1 is 1.00 bits per heavy atom. The Morgan fingerprint density at radius 2 is 1.75 bits per heavy atom. The van der Waals surface area contributed by atoms with Crippen LogP contribution in [0.25, 0.3) is 0 Å². The minimum Gasteiger partial charge on any atom is -0.368 e. The highest BCUT2D eigenvalue weighted by molar-refractivity contribution is 5.94. The van der Waals surface area contributed by atoms with Crippen LogP contribution in [0.15, 0.2) is 18.2 Å². The van der Waals surface area contributed by atoms with Crippen LogP contribution in [0.1, 0.15) is 29.6 Å². The van der Waals surface area contributed by atoms with Crippen LogP contribution in [0.3, 0.4) is 0 Å². The van der Waals surface area contributed by atoms with Gasteiger partial charge >= 0.3 is 0 Å². The van der Waals surface area contributed by atoms with Gasteiger partial charge in [0.2, 0.25) is 0 Å². The highest BCUT2D eigenvalue weighted by atomic mass is 19.2. The molecule has 1 atom stereocenters. The van der Waals surface area contributed by atoms with Crippen molar-refractivity contribution in [3.05, 3.63) is 35.4 Å². The van der Waals surface area contributed by atoms with Crippen molar-refractivity contribution in [2.75, 3.05) is 32.8 Å². The number of ether oxygens (including phenoxy) is 1. The zero-order chi connectivity index (χ0) is 17.1. The van der Waals surface area contributed by atoms with Gasteiger partial charge in [0.15, 0.2) is 11.6 Å². The van der Waals surface area contributed by atoms with E-state index in [-0.39, 0.29) is 23.5 Å². The molecule has 0 saturated carbocycles. The van der Waals surface area contributed by atoms with Crippen molar-refractivity contribution in [2.45, 2.75) is 25.4 Å². The minimum atomic E-state index is -1.04. The second-order valence-electron chi connectivity index (χ2n) is 6.10. The highest BCUT2D eigenvalue weighted by Gasteiger charge is 2.30. The summed E-state index contributed by atoms with van der Waals surface area (Å²) < 4.78 is 31.7. The van der Waals surface area contributed by atoms with E-state index in [4.69, 9.17) is 4.74 Å². The van der Waals surface area contributed by atoms with Crippen molar-refractivity contribution >= 4 is 11.8 Å². The van der Waals surface area contributed by atoms with Gasteiger partial charge in [-0.2, -0.15) is 0 Å². The molecule has 0 aliphatic carbocycles. The number of benzene rings is 1. The van der Waals surface area contributed by atoms with Crippen LogP contribution >= 0.6 is 0 Å². The predicted molar refractivity (Wildman–Crippen MR) is 82.4 cm³/mol. The van der Waals surface area contributed by atoms with E-state index in [0.717, 1.165) is 25.0 Å². The number of hydrogen-bond acceptors (Lipinski definition) is 3. The van der Waals surface area contributed by atoms with E-state index in [1.54, 1.807) is 9.80 Å². The average Bonchev–Trinajstić information content (AvgIpc) is 3.00. The van der Waals surface area contributed by atoms with Gasteiger partial charge in [-0.05, 0) is 37.5 Å². The molecular weight excluding hydrogens is 318 g/mol. The van der Waals surface area contributed by atoms with Crippen LogP contribution in [0, 0.1) is 11.6 Å². The molecule has 5 nitrogen and oxygen atoms in total. The maximum absolute atomic E-state index is 13.3. The van der Waals surface area contributed by atoms with Gasteiger partial charge in [-0.3, -0.25) is 9.59 Å². The number of hydrogen-bond donors (Lipinski definition) is 0. The fourth-order valence-electron chi connectivity index (χ4n) is 3.13. The molecule has 2 amide bonds. The van der Waals surface area contributed by atoms with Gasteiger partial charge in [-0.25, -0.2) is 8.78 Å². The Balaban J connectivity index is 1.63. The molecule has 1 aromatic carbocycles. The molecule has 0 N–H and O–H groups in total. The Bertz CT molecular complexity index is 632. The molecule has 1 aromatic rings. The number of carbonyl (C=O) groups is 2. The Hall–Kier alpha value is -2.02. The first-order chi connectivity index (χ1) is 11.6. The second-order valence-corrected chi connectivity index (χ2v) is 6.10. The Labute approximate surface area is 139 Å². The third-order valence-electron chi connectivity index (χ3n) is 4.47.